The maximum absolute atomic E-state index is 12.2. The topological polar surface area (TPSA) is 26.3 Å². The highest BCUT2D eigenvalue weighted by atomic mass is 35.5. The van der Waals surface area contributed by atoms with E-state index in [0.717, 1.165) is 22.3 Å². The van der Waals surface area contributed by atoms with Crippen molar-refractivity contribution in [3.63, 3.8) is 0 Å². The van der Waals surface area contributed by atoms with Crippen molar-refractivity contribution < 1.29 is 9.53 Å². The van der Waals surface area contributed by atoms with Crippen LogP contribution in [0, 0.1) is 6.92 Å². The molecule has 0 unspecified atom stereocenters. The van der Waals surface area contributed by atoms with Crippen LogP contribution in [0.25, 0.3) is 11.1 Å². The lowest BCUT2D eigenvalue weighted by molar-refractivity contribution is 0.0473. The van der Waals surface area contributed by atoms with E-state index < -0.39 is 0 Å². The van der Waals surface area contributed by atoms with Gasteiger partial charge in [0.15, 0.2) is 0 Å². The first-order chi connectivity index (χ1) is 12.0. The fourth-order valence-corrected chi connectivity index (χ4v) is 3.00. The van der Waals surface area contributed by atoms with Crippen molar-refractivity contribution in [2.45, 2.75) is 13.5 Å². The van der Waals surface area contributed by atoms with Crippen LogP contribution in [0.2, 0.25) is 10.0 Å². The molecule has 0 N–H and O–H groups in total. The lowest BCUT2D eigenvalue weighted by Gasteiger charge is -2.13. The Morgan fingerprint density at radius 3 is 2.44 bits per heavy atom. The number of hydrogen-bond acceptors (Lipinski definition) is 2. The molecule has 0 spiro atoms. The van der Waals surface area contributed by atoms with Crippen molar-refractivity contribution >= 4 is 29.2 Å². The van der Waals surface area contributed by atoms with Crippen molar-refractivity contribution in [1.82, 2.24) is 0 Å². The fraction of sp³-hybridized carbons (Fsp3) is 0.0952. The minimum absolute atomic E-state index is 0.160. The first-order valence-electron chi connectivity index (χ1n) is 7.82. The molecule has 25 heavy (non-hydrogen) atoms. The summed E-state index contributed by atoms with van der Waals surface area (Å²) in [6.07, 6.45) is 0. The van der Waals surface area contributed by atoms with Gasteiger partial charge in [0.25, 0.3) is 0 Å². The van der Waals surface area contributed by atoms with E-state index >= 15 is 0 Å². The van der Waals surface area contributed by atoms with Crippen LogP contribution in [0.1, 0.15) is 21.5 Å². The molecule has 4 heteroatoms. The first-order valence-corrected chi connectivity index (χ1v) is 8.57. The maximum Gasteiger partial charge on any atom is 0.338 e. The fourth-order valence-electron chi connectivity index (χ4n) is 2.61. The molecule has 0 radical (unpaired) electrons. The van der Waals surface area contributed by atoms with Gasteiger partial charge in [-0.25, -0.2) is 4.79 Å². The quantitative estimate of drug-likeness (QED) is 0.501. The standard InChI is InChI=1S/C21H16Cl2O2/c1-14-7-9-18(19-12-17(22)8-10-20(19)23)16(11-14)13-25-21(24)15-5-3-2-4-6-15/h2-12H,13H2,1H3. The summed E-state index contributed by atoms with van der Waals surface area (Å²) in [6.45, 7) is 2.15. The third-order valence-corrected chi connectivity index (χ3v) is 4.41. The summed E-state index contributed by atoms with van der Waals surface area (Å²) < 4.78 is 5.49. The van der Waals surface area contributed by atoms with Crippen molar-refractivity contribution in [2.75, 3.05) is 0 Å². The van der Waals surface area contributed by atoms with Gasteiger partial charge in [0.2, 0.25) is 0 Å². The number of ether oxygens (including phenoxy) is 1. The SMILES string of the molecule is Cc1ccc(-c2cc(Cl)ccc2Cl)c(COC(=O)c2ccccc2)c1. The minimum Gasteiger partial charge on any atom is -0.457 e. The van der Waals surface area contributed by atoms with Gasteiger partial charge in [-0.3, -0.25) is 0 Å². The maximum atomic E-state index is 12.2. The van der Waals surface area contributed by atoms with E-state index in [1.54, 1.807) is 36.4 Å². The molecule has 0 aliphatic heterocycles. The van der Waals surface area contributed by atoms with Gasteiger partial charge < -0.3 is 4.74 Å². The number of hydrogen-bond donors (Lipinski definition) is 0. The van der Waals surface area contributed by atoms with Crippen LogP contribution in [-0.2, 0) is 11.3 Å². The summed E-state index contributed by atoms with van der Waals surface area (Å²) >= 11 is 12.4. The van der Waals surface area contributed by atoms with E-state index in [9.17, 15) is 4.79 Å². The third-order valence-electron chi connectivity index (χ3n) is 3.85. The lowest BCUT2D eigenvalue weighted by Crippen LogP contribution is -2.06. The van der Waals surface area contributed by atoms with Gasteiger partial charge in [0.1, 0.15) is 6.61 Å². The Morgan fingerprint density at radius 1 is 0.920 bits per heavy atom. The van der Waals surface area contributed by atoms with Gasteiger partial charge in [0.05, 0.1) is 5.56 Å². The summed E-state index contributed by atoms with van der Waals surface area (Å²) in [5, 5.41) is 1.20. The Bertz CT molecular complexity index is 905. The van der Waals surface area contributed by atoms with Gasteiger partial charge >= 0.3 is 5.97 Å². The van der Waals surface area contributed by atoms with Crippen LogP contribution < -0.4 is 0 Å². The molecule has 3 aromatic carbocycles. The summed E-state index contributed by atoms with van der Waals surface area (Å²) in [4.78, 5) is 12.2. The molecule has 3 rings (SSSR count). The molecule has 0 atom stereocenters. The zero-order chi connectivity index (χ0) is 17.8. The summed E-state index contributed by atoms with van der Waals surface area (Å²) in [7, 11) is 0. The largest absolute Gasteiger partial charge is 0.457 e. The van der Waals surface area contributed by atoms with Crippen molar-refractivity contribution in [2.24, 2.45) is 0 Å². The monoisotopic (exact) mass is 370 g/mol. The second-order valence-corrected chi connectivity index (χ2v) is 6.57. The second-order valence-electron chi connectivity index (χ2n) is 5.73. The Morgan fingerprint density at radius 2 is 1.68 bits per heavy atom. The molecule has 0 bridgehead atoms. The molecule has 0 heterocycles. The zero-order valence-electron chi connectivity index (χ0n) is 13.6. The molecule has 126 valence electrons. The van der Waals surface area contributed by atoms with Gasteiger partial charge in [-0.05, 0) is 48.4 Å². The average Bonchev–Trinajstić information content (AvgIpc) is 2.63. The van der Waals surface area contributed by atoms with Crippen LogP contribution >= 0.6 is 23.2 Å². The van der Waals surface area contributed by atoms with Gasteiger partial charge in [-0.15, -0.1) is 0 Å². The van der Waals surface area contributed by atoms with E-state index in [4.69, 9.17) is 27.9 Å². The lowest BCUT2D eigenvalue weighted by atomic mass is 9.98. The number of esters is 1. The Labute approximate surface area is 157 Å². The van der Waals surface area contributed by atoms with Gasteiger partial charge in [-0.2, -0.15) is 0 Å². The Hall–Kier alpha value is -2.29. The molecule has 0 aliphatic carbocycles. The van der Waals surface area contributed by atoms with Crippen LogP contribution in [0.15, 0.2) is 66.7 Å². The number of rotatable bonds is 4. The molecule has 0 saturated heterocycles. The summed E-state index contributed by atoms with van der Waals surface area (Å²) in [5.74, 6) is -0.356. The zero-order valence-corrected chi connectivity index (χ0v) is 15.1. The number of carbonyl (C=O) groups excluding carboxylic acids is 1. The minimum atomic E-state index is -0.356. The Kier molecular flexibility index (Phi) is 5.42. The predicted octanol–water partition coefficient (Wildman–Crippen LogP) is 6.33. The van der Waals surface area contributed by atoms with Crippen LogP contribution in [-0.4, -0.2) is 5.97 Å². The van der Waals surface area contributed by atoms with Crippen molar-refractivity contribution in [3.8, 4) is 11.1 Å². The number of benzene rings is 3. The average molecular weight is 371 g/mol. The smallest absolute Gasteiger partial charge is 0.338 e. The highest BCUT2D eigenvalue weighted by molar-refractivity contribution is 6.35. The molecule has 0 aromatic heterocycles. The molecule has 0 saturated carbocycles. The Balaban J connectivity index is 1.90. The van der Waals surface area contributed by atoms with Crippen molar-refractivity contribution in [3.05, 3.63) is 93.5 Å². The van der Waals surface area contributed by atoms with E-state index in [-0.39, 0.29) is 12.6 Å². The highest BCUT2D eigenvalue weighted by Gasteiger charge is 2.13. The normalized spacial score (nSPS) is 10.5. The van der Waals surface area contributed by atoms with Crippen LogP contribution in [0.5, 0.6) is 0 Å². The molecule has 0 aliphatic rings. The van der Waals surface area contributed by atoms with Crippen molar-refractivity contribution in [1.29, 1.82) is 0 Å². The summed E-state index contributed by atoms with van der Waals surface area (Å²) in [6, 6.07) is 20.2. The van der Waals surface area contributed by atoms with E-state index in [1.165, 1.54) is 0 Å². The van der Waals surface area contributed by atoms with E-state index in [1.807, 2.05) is 37.3 Å². The summed E-state index contributed by atoms with van der Waals surface area (Å²) in [5.41, 5.74) is 4.21. The van der Waals surface area contributed by atoms with Crippen LogP contribution in [0.3, 0.4) is 0 Å². The van der Waals surface area contributed by atoms with Crippen LogP contribution in [0.4, 0.5) is 0 Å². The van der Waals surface area contributed by atoms with E-state index in [0.29, 0.717) is 15.6 Å². The molecular formula is C21H16Cl2O2. The molecule has 0 amide bonds. The molecular weight excluding hydrogens is 355 g/mol. The molecule has 2 nitrogen and oxygen atoms in total. The number of aryl methyl sites for hydroxylation is 1. The number of halogens is 2. The van der Waals surface area contributed by atoms with Gasteiger partial charge in [-0.1, -0.05) is 65.2 Å². The third kappa shape index (κ3) is 4.22. The highest BCUT2D eigenvalue weighted by Crippen LogP contribution is 2.33. The van der Waals surface area contributed by atoms with Gasteiger partial charge in [0, 0.05) is 15.6 Å². The predicted molar refractivity (Wildman–Crippen MR) is 102 cm³/mol. The van der Waals surface area contributed by atoms with E-state index in [2.05, 4.69) is 0 Å². The molecule has 3 aromatic rings. The first kappa shape index (κ1) is 17.5. The second kappa shape index (κ2) is 7.73. The molecule has 0 fully saturated rings. The number of carbonyl (C=O) groups is 1.